The third kappa shape index (κ3) is 2.99. The maximum absolute atomic E-state index is 11.5. The molecule has 0 aromatic carbocycles. The van der Waals surface area contributed by atoms with Crippen LogP contribution in [-0.2, 0) is 13.6 Å². The Bertz CT molecular complexity index is 200. The summed E-state index contributed by atoms with van der Waals surface area (Å²) in [7, 11) is -1.79. The van der Waals surface area contributed by atoms with Gasteiger partial charge in [0.1, 0.15) is 12.2 Å². The second kappa shape index (κ2) is 5.77. The first kappa shape index (κ1) is 14.0. The van der Waals surface area contributed by atoms with Crippen LogP contribution in [0.25, 0.3) is 0 Å². The SMILES string of the molecule is COP(=O)(OC)C(O)C(O)C(O)CO. The zero-order chi connectivity index (χ0) is 11.4. The van der Waals surface area contributed by atoms with Crippen LogP contribution in [-0.4, -0.2) is 59.3 Å². The number of aliphatic hydroxyl groups is 4. The lowest BCUT2D eigenvalue weighted by atomic mass is 10.2. The Morgan fingerprint density at radius 3 is 1.93 bits per heavy atom. The summed E-state index contributed by atoms with van der Waals surface area (Å²) in [5.41, 5.74) is 0. The molecule has 0 fully saturated rings. The lowest BCUT2D eigenvalue weighted by Gasteiger charge is -2.25. The van der Waals surface area contributed by atoms with Gasteiger partial charge in [-0.05, 0) is 0 Å². The summed E-state index contributed by atoms with van der Waals surface area (Å²) in [5.74, 6) is -1.90. The van der Waals surface area contributed by atoms with Crippen LogP contribution in [0.1, 0.15) is 0 Å². The Kier molecular flexibility index (Phi) is 5.77. The van der Waals surface area contributed by atoms with Gasteiger partial charge in [0, 0.05) is 14.2 Å². The summed E-state index contributed by atoms with van der Waals surface area (Å²) >= 11 is 0. The molecule has 3 unspecified atom stereocenters. The number of rotatable bonds is 6. The normalized spacial score (nSPS) is 19.0. The summed E-state index contributed by atoms with van der Waals surface area (Å²) in [6, 6.07) is 0. The van der Waals surface area contributed by atoms with Crippen molar-refractivity contribution in [2.45, 2.75) is 18.1 Å². The molecular weight excluding hydrogens is 215 g/mol. The van der Waals surface area contributed by atoms with Crippen LogP contribution in [0.5, 0.6) is 0 Å². The standard InChI is InChI=1S/C6H15O7P/c1-12-14(11,13-2)6(10)5(9)4(8)3-7/h4-10H,3H2,1-2H3. The second-order valence-corrected chi connectivity index (χ2v) is 4.90. The van der Waals surface area contributed by atoms with E-state index in [1.54, 1.807) is 0 Å². The molecule has 0 amide bonds. The average molecular weight is 230 g/mol. The van der Waals surface area contributed by atoms with Crippen LogP contribution in [0.4, 0.5) is 0 Å². The van der Waals surface area contributed by atoms with E-state index in [0.717, 1.165) is 14.2 Å². The highest BCUT2D eigenvalue weighted by Crippen LogP contribution is 2.51. The fraction of sp³-hybridized carbons (Fsp3) is 1.00. The number of hydrogen-bond donors (Lipinski definition) is 4. The minimum Gasteiger partial charge on any atom is -0.394 e. The van der Waals surface area contributed by atoms with Crippen molar-refractivity contribution >= 4 is 7.60 Å². The van der Waals surface area contributed by atoms with E-state index in [-0.39, 0.29) is 0 Å². The number of hydrogen-bond acceptors (Lipinski definition) is 7. The van der Waals surface area contributed by atoms with E-state index in [2.05, 4.69) is 9.05 Å². The van der Waals surface area contributed by atoms with Crippen LogP contribution in [0, 0.1) is 0 Å². The molecule has 0 aromatic rings. The van der Waals surface area contributed by atoms with Crippen molar-refractivity contribution in [2.24, 2.45) is 0 Å². The van der Waals surface area contributed by atoms with E-state index < -0.39 is 32.3 Å². The van der Waals surface area contributed by atoms with Crippen LogP contribution in [0.2, 0.25) is 0 Å². The van der Waals surface area contributed by atoms with Crippen LogP contribution in [0.3, 0.4) is 0 Å². The van der Waals surface area contributed by atoms with Crippen molar-refractivity contribution < 1.29 is 34.0 Å². The molecule has 0 bridgehead atoms. The molecule has 0 rings (SSSR count). The van der Waals surface area contributed by atoms with Gasteiger partial charge in [0.25, 0.3) is 0 Å². The largest absolute Gasteiger partial charge is 0.394 e. The van der Waals surface area contributed by atoms with Gasteiger partial charge in [-0.1, -0.05) is 0 Å². The van der Waals surface area contributed by atoms with Crippen molar-refractivity contribution in [1.82, 2.24) is 0 Å². The molecule has 0 spiro atoms. The van der Waals surface area contributed by atoms with Gasteiger partial charge in [-0.2, -0.15) is 0 Å². The highest BCUT2D eigenvalue weighted by molar-refractivity contribution is 7.54. The molecule has 0 aliphatic heterocycles. The molecular formula is C6H15O7P. The first-order valence-corrected chi connectivity index (χ1v) is 5.40. The smallest absolute Gasteiger partial charge is 0.361 e. The summed E-state index contributed by atoms with van der Waals surface area (Å²) < 4.78 is 20.3. The van der Waals surface area contributed by atoms with Crippen molar-refractivity contribution in [2.75, 3.05) is 20.8 Å². The summed E-state index contributed by atoms with van der Waals surface area (Å²) in [6.07, 6.45) is -3.41. The molecule has 3 atom stereocenters. The number of aliphatic hydroxyl groups excluding tert-OH is 4. The minimum absolute atomic E-state index is 0.772. The fourth-order valence-electron chi connectivity index (χ4n) is 0.784. The monoisotopic (exact) mass is 230 g/mol. The lowest BCUT2D eigenvalue weighted by molar-refractivity contribution is -0.0587. The second-order valence-electron chi connectivity index (χ2n) is 2.56. The summed E-state index contributed by atoms with van der Waals surface area (Å²) in [5, 5.41) is 35.9. The molecule has 0 radical (unpaired) electrons. The summed E-state index contributed by atoms with van der Waals surface area (Å²) in [4.78, 5) is 0. The molecule has 0 aliphatic carbocycles. The van der Waals surface area contributed by atoms with E-state index in [4.69, 9.17) is 10.2 Å². The molecule has 7 nitrogen and oxygen atoms in total. The van der Waals surface area contributed by atoms with Gasteiger partial charge < -0.3 is 29.5 Å². The Hall–Kier alpha value is -0.0100. The Labute approximate surface area is 81.4 Å². The van der Waals surface area contributed by atoms with E-state index >= 15 is 0 Å². The Morgan fingerprint density at radius 1 is 1.21 bits per heavy atom. The van der Waals surface area contributed by atoms with Gasteiger partial charge in [-0.15, -0.1) is 0 Å². The van der Waals surface area contributed by atoms with Crippen LogP contribution >= 0.6 is 7.60 Å². The minimum atomic E-state index is -3.86. The molecule has 0 aliphatic rings. The van der Waals surface area contributed by atoms with E-state index in [9.17, 15) is 14.8 Å². The van der Waals surface area contributed by atoms with Crippen LogP contribution < -0.4 is 0 Å². The third-order valence-corrected chi connectivity index (χ3v) is 3.69. The topological polar surface area (TPSA) is 116 Å². The quantitative estimate of drug-likeness (QED) is 0.410. The van der Waals surface area contributed by atoms with Gasteiger partial charge in [-0.3, -0.25) is 4.57 Å². The third-order valence-electron chi connectivity index (χ3n) is 1.72. The average Bonchev–Trinajstić information content (AvgIpc) is 2.24. The summed E-state index contributed by atoms with van der Waals surface area (Å²) in [6.45, 7) is -0.772. The molecule has 86 valence electrons. The van der Waals surface area contributed by atoms with Gasteiger partial charge in [-0.25, -0.2) is 0 Å². The van der Waals surface area contributed by atoms with Crippen molar-refractivity contribution in [1.29, 1.82) is 0 Å². The predicted octanol–water partition coefficient (Wildman–Crippen LogP) is -1.50. The molecule has 0 heterocycles. The first-order chi connectivity index (χ1) is 6.42. The maximum Gasteiger partial charge on any atom is 0.361 e. The molecule has 14 heavy (non-hydrogen) atoms. The first-order valence-electron chi connectivity index (χ1n) is 3.79. The molecule has 0 saturated carbocycles. The predicted molar refractivity (Wildman–Crippen MR) is 46.7 cm³/mol. The van der Waals surface area contributed by atoms with E-state index in [1.807, 2.05) is 0 Å². The lowest BCUT2D eigenvalue weighted by Crippen LogP contribution is -2.39. The highest BCUT2D eigenvalue weighted by Gasteiger charge is 2.40. The highest BCUT2D eigenvalue weighted by atomic mass is 31.2. The van der Waals surface area contributed by atoms with E-state index in [1.165, 1.54) is 0 Å². The molecule has 4 N–H and O–H groups in total. The van der Waals surface area contributed by atoms with Gasteiger partial charge in [0.05, 0.1) is 6.61 Å². The fourth-order valence-corrected chi connectivity index (χ4v) is 1.94. The van der Waals surface area contributed by atoms with Crippen LogP contribution in [0.15, 0.2) is 0 Å². The zero-order valence-electron chi connectivity index (χ0n) is 7.90. The van der Waals surface area contributed by atoms with Gasteiger partial charge >= 0.3 is 7.60 Å². The molecule has 0 saturated heterocycles. The molecule has 0 aromatic heterocycles. The van der Waals surface area contributed by atoms with Crippen molar-refractivity contribution in [3.05, 3.63) is 0 Å². The molecule has 8 heteroatoms. The Morgan fingerprint density at radius 2 is 1.64 bits per heavy atom. The van der Waals surface area contributed by atoms with Gasteiger partial charge in [0.2, 0.25) is 0 Å². The Balaban J connectivity index is 4.58. The van der Waals surface area contributed by atoms with Gasteiger partial charge in [0.15, 0.2) is 5.85 Å². The zero-order valence-corrected chi connectivity index (χ0v) is 8.79. The van der Waals surface area contributed by atoms with E-state index in [0.29, 0.717) is 0 Å². The van der Waals surface area contributed by atoms with Crippen molar-refractivity contribution in [3.8, 4) is 0 Å². The van der Waals surface area contributed by atoms with Crippen molar-refractivity contribution in [3.63, 3.8) is 0 Å². The maximum atomic E-state index is 11.5.